The van der Waals surface area contributed by atoms with Crippen LogP contribution in [-0.2, 0) is 4.74 Å². The third-order valence-corrected chi connectivity index (χ3v) is 3.99. The number of fused-ring (bicyclic) bond motifs is 2. The number of nitrogens with two attached hydrogens (primary N) is 1. The van der Waals surface area contributed by atoms with Gasteiger partial charge in [-0.3, -0.25) is 4.57 Å². The van der Waals surface area contributed by atoms with E-state index in [9.17, 15) is 0 Å². The van der Waals surface area contributed by atoms with Crippen LogP contribution >= 0.6 is 11.6 Å². The minimum absolute atomic E-state index is 0.0872. The number of hydrogen-bond acceptors (Lipinski definition) is 5. The number of nitrogen functional groups attached to an aromatic ring is 1. The number of hydrogen-bond donors (Lipinski definition) is 1. The van der Waals surface area contributed by atoms with Gasteiger partial charge in [-0.25, -0.2) is 4.98 Å². The highest BCUT2D eigenvalue weighted by Crippen LogP contribution is 2.43. The van der Waals surface area contributed by atoms with Gasteiger partial charge in [0, 0.05) is 2.74 Å². The summed E-state index contributed by atoms with van der Waals surface area (Å²) in [6.07, 6.45) is 1.82. The predicted molar refractivity (Wildman–Crippen MR) is 70.6 cm³/mol. The minimum atomic E-state index is -0.333. The summed E-state index contributed by atoms with van der Waals surface area (Å²) in [4.78, 5) is 12.3. The Morgan fingerprint density at radius 1 is 1.47 bits per heavy atom. The number of halogens is 1. The number of anilines is 1. The first-order valence-electron chi connectivity index (χ1n) is 7.35. The van der Waals surface area contributed by atoms with E-state index in [1.165, 1.54) is 0 Å². The third-order valence-electron chi connectivity index (χ3n) is 3.72. The molecule has 0 radical (unpaired) electrons. The molecule has 1 aliphatic carbocycles. The van der Waals surface area contributed by atoms with Crippen molar-refractivity contribution in [2.24, 2.45) is 5.92 Å². The molecule has 3 heterocycles. The van der Waals surface area contributed by atoms with Crippen LogP contribution < -0.4 is 5.73 Å². The second-order valence-corrected chi connectivity index (χ2v) is 5.22. The minimum Gasteiger partial charge on any atom is -0.368 e. The molecule has 19 heavy (non-hydrogen) atoms. The highest BCUT2D eigenvalue weighted by atomic mass is 35.5. The Bertz CT molecular complexity index is 694. The van der Waals surface area contributed by atoms with Crippen LogP contribution in [0.1, 0.15) is 34.6 Å². The van der Waals surface area contributed by atoms with E-state index in [0.717, 1.165) is 0 Å². The smallest absolute Gasteiger partial charge is 0.223 e. The van der Waals surface area contributed by atoms with Crippen LogP contribution in [0.3, 0.4) is 0 Å². The van der Waals surface area contributed by atoms with Crippen molar-refractivity contribution in [3.63, 3.8) is 0 Å². The molecule has 6 nitrogen and oxygen atoms in total. The molecule has 2 N–H and O–H groups in total. The Labute approximate surface area is 117 Å². The van der Waals surface area contributed by atoms with Crippen molar-refractivity contribution in [3.8, 4) is 0 Å². The summed E-state index contributed by atoms with van der Waals surface area (Å²) in [5, 5.41) is 0.214. The summed E-state index contributed by atoms with van der Waals surface area (Å²) in [6.45, 7) is 0. The summed E-state index contributed by atoms with van der Waals surface area (Å²) >= 11 is 6.02. The lowest BCUT2D eigenvalue weighted by Crippen LogP contribution is -2.11. The summed E-state index contributed by atoms with van der Waals surface area (Å²) in [7, 11) is 0. The fraction of sp³-hybridized carbons (Fsp3) is 0.583. The van der Waals surface area contributed by atoms with Gasteiger partial charge in [0.1, 0.15) is 11.7 Å². The van der Waals surface area contributed by atoms with Crippen molar-refractivity contribution in [3.05, 3.63) is 11.5 Å². The van der Waals surface area contributed by atoms with Gasteiger partial charge in [-0.2, -0.15) is 9.97 Å². The fourth-order valence-corrected chi connectivity index (χ4v) is 3.06. The van der Waals surface area contributed by atoms with Crippen molar-refractivity contribution in [2.45, 2.75) is 38.0 Å². The quantitative estimate of drug-likeness (QED) is 0.811. The Kier molecular flexibility index (Phi) is 2.02. The van der Waals surface area contributed by atoms with Gasteiger partial charge in [-0.15, -0.1) is 0 Å². The molecule has 2 fully saturated rings. The van der Waals surface area contributed by atoms with E-state index in [4.69, 9.17) is 24.8 Å². The molecule has 100 valence electrons. The molecule has 4 rings (SSSR count). The van der Waals surface area contributed by atoms with Gasteiger partial charge in [-0.1, -0.05) is 18.0 Å². The highest BCUT2D eigenvalue weighted by Gasteiger charge is 2.39. The number of ether oxygens (including phenoxy) is 1. The lowest BCUT2D eigenvalue weighted by Gasteiger charge is -2.14. The maximum absolute atomic E-state index is 8.05. The Balaban J connectivity index is 1.72. The molecular weight excluding hydrogens is 266 g/mol. The van der Waals surface area contributed by atoms with Crippen molar-refractivity contribution < 1.29 is 7.48 Å². The van der Waals surface area contributed by atoms with Crippen molar-refractivity contribution >= 4 is 28.7 Å². The lowest BCUT2D eigenvalue weighted by atomic mass is 10.0. The van der Waals surface area contributed by atoms with Crippen LogP contribution in [0.4, 0.5) is 5.95 Å². The number of nitrogens with zero attached hydrogens (tertiary/aromatic N) is 4. The second-order valence-electron chi connectivity index (χ2n) is 4.86. The van der Waals surface area contributed by atoms with E-state index in [-0.39, 0.29) is 42.1 Å². The van der Waals surface area contributed by atoms with E-state index in [1.807, 2.05) is 0 Å². The molecule has 0 unspecified atom stereocenters. The van der Waals surface area contributed by atoms with Crippen LogP contribution in [0, 0.1) is 5.92 Å². The normalized spacial score (nSPS) is 39.3. The van der Waals surface area contributed by atoms with E-state index in [1.54, 1.807) is 10.9 Å². The first-order chi connectivity index (χ1) is 10.0. The van der Waals surface area contributed by atoms with Gasteiger partial charge < -0.3 is 10.5 Å². The van der Waals surface area contributed by atoms with E-state index in [2.05, 4.69) is 15.0 Å². The van der Waals surface area contributed by atoms with Gasteiger partial charge in [0.25, 0.3) is 0 Å². The van der Waals surface area contributed by atoms with E-state index in [0.29, 0.717) is 24.0 Å². The third kappa shape index (κ3) is 1.70. The largest absolute Gasteiger partial charge is 0.368 e. The van der Waals surface area contributed by atoms with Crippen molar-refractivity contribution in [1.82, 2.24) is 19.5 Å². The molecule has 0 bridgehead atoms. The van der Waals surface area contributed by atoms with E-state index >= 15 is 0 Å². The summed E-state index contributed by atoms with van der Waals surface area (Å²) in [5.74, 6) is 0.175. The lowest BCUT2D eigenvalue weighted by molar-refractivity contribution is 0.00171. The molecule has 2 aromatic heterocycles. The number of aromatic nitrogens is 4. The Morgan fingerprint density at radius 3 is 3.21 bits per heavy atom. The van der Waals surface area contributed by atoms with Crippen LogP contribution in [0.25, 0.3) is 11.2 Å². The Morgan fingerprint density at radius 2 is 2.37 bits per heavy atom. The molecule has 1 saturated carbocycles. The molecular formula is C12H14ClN5O. The second kappa shape index (κ2) is 4.05. The van der Waals surface area contributed by atoms with Crippen LogP contribution in [0.15, 0.2) is 6.33 Å². The Hall–Kier alpha value is -1.40. The maximum atomic E-state index is 8.05. The number of rotatable bonds is 1. The SMILES string of the molecule is [3H][C@@H]1C[C@@H]([3H])[C@H]2O[C@H](n3cnc4c(Cl)nc(N)nc43)C[C@H]21. The molecule has 2 aliphatic rings. The average Bonchev–Trinajstić information content (AvgIpc) is 3.06. The molecule has 0 spiro atoms. The average molecular weight is 284 g/mol. The molecule has 0 amide bonds. The monoisotopic (exact) mass is 283 g/mol. The summed E-state index contributed by atoms with van der Waals surface area (Å²) < 4.78 is 23.8. The van der Waals surface area contributed by atoms with E-state index < -0.39 is 0 Å². The van der Waals surface area contributed by atoms with Gasteiger partial charge in [0.15, 0.2) is 10.8 Å². The summed E-state index contributed by atoms with van der Waals surface area (Å²) in [5.41, 5.74) is 6.65. The van der Waals surface area contributed by atoms with Gasteiger partial charge in [0.2, 0.25) is 5.95 Å². The number of imidazole rings is 1. The van der Waals surface area contributed by atoms with Gasteiger partial charge >= 0.3 is 0 Å². The molecule has 7 heteroatoms. The zero-order valence-corrected chi connectivity index (χ0v) is 10.8. The zero-order chi connectivity index (χ0) is 14.7. The molecule has 0 aromatic carbocycles. The first-order valence-corrected chi connectivity index (χ1v) is 6.58. The fourth-order valence-electron chi connectivity index (χ4n) is 2.84. The van der Waals surface area contributed by atoms with Gasteiger partial charge in [-0.05, 0) is 25.1 Å². The van der Waals surface area contributed by atoms with Gasteiger partial charge in [0.05, 0.1) is 12.4 Å². The van der Waals surface area contributed by atoms with Crippen molar-refractivity contribution in [1.29, 1.82) is 0 Å². The predicted octanol–water partition coefficient (Wildman–Crippen LogP) is 2.15. The van der Waals surface area contributed by atoms with Crippen molar-refractivity contribution in [2.75, 3.05) is 5.73 Å². The summed E-state index contributed by atoms with van der Waals surface area (Å²) in [6, 6.07) is 0. The standard InChI is InChI=1S/C12H14ClN5O/c13-10-9-11(17-12(14)16-10)18(5-15-9)8-4-6-2-1-3-7(6)19-8/h5-8H,1-4H2,(H2,14,16,17)/t6-,7-,8+/m1/s1/i2T,3T/t2-,3-,6-,7-,8+. The first kappa shape index (κ1) is 9.50. The molecule has 1 saturated heterocycles. The molecule has 2 aromatic rings. The van der Waals surface area contributed by atoms with Crippen LogP contribution in [0.2, 0.25) is 5.15 Å². The zero-order valence-electron chi connectivity index (χ0n) is 12.0. The maximum Gasteiger partial charge on any atom is 0.223 e. The van der Waals surface area contributed by atoms with Crippen LogP contribution in [-0.4, -0.2) is 25.6 Å². The topological polar surface area (TPSA) is 78.8 Å². The highest BCUT2D eigenvalue weighted by molar-refractivity contribution is 6.33. The molecule has 5 atom stereocenters. The molecule has 1 aliphatic heterocycles. The van der Waals surface area contributed by atoms with Crippen LogP contribution in [0.5, 0.6) is 0 Å².